The van der Waals surface area contributed by atoms with Gasteiger partial charge in [0, 0.05) is 0 Å². The molecule has 0 fully saturated rings. The molecule has 0 amide bonds. The van der Waals surface area contributed by atoms with Crippen LogP contribution in [0.25, 0.3) is 0 Å². The van der Waals surface area contributed by atoms with Crippen molar-refractivity contribution < 1.29 is 13.5 Å². The molecule has 2 aromatic rings. The zero-order valence-corrected chi connectivity index (χ0v) is 16.5. The summed E-state index contributed by atoms with van der Waals surface area (Å²) >= 11 is 0. The molecule has 0 aliphatic heterocycles. The Morgan fingerprint density at radius 1 is 0.964 bits per heavy atom. The Bertz CT molecular complexity index is 838. The minimum atomic E-state index is -2.77. The predicted molar refractivity (Wildman–Crippen MR) is 109 cm³/mol. The highest BCUT2D eigenvalue weighted by Gasteiger charge is 2.26. The highest BCUT2D eigenvalue weighted by Crippen LogP contribution is 2.38. The third-order valence-corrected chi connectivity index (χ3v) is 6.30. The smallest absolute Gasteiger partial charge is 0.387 e. The second-order valence-corrected chi connectivity index (χ2v) is 8.07. The molecule has 148 valence electrons. The van der Waals surface area contributed by atoms with Gasteiger partial charge in [-0.3, -0.25) is 0 Å². The van der Waals surface area contributed by atoms with Gasteiger partial charge in [-0.25, -0.2) is 0 Å². The molecule has 2 aliphatic rings. The number of halogens is 2. The Kier molecular flexibility index (Phi) is 5.79. The van der Waals surface area contributed by atoms with Crippen molar-refractivity contribution in [3.05, 3.63) is 76.4 Å². The number of fused-ring (bicyclic) bond motifs is 3. The maximum absolute atomic E-state index is 12.3. The van der Waals surface area contributed by atoms with Crippen LogP contribution < -0.4 is 4.74 Å². The Hall–Kier alpha value is -2.16. The fourth-order valence-electron chi connectivity index (χ4n) is 4.89. The van der Waals surface area contributed by atoms with Crippen LogP contribution in [0.15, 0.2) is 48.6 Å². The minimum absolute atomic E-state index is 0.232. The van der Waals surface area contributed by atoms with Crippen molar-refractivity contribution in [2.24, 2.45) is 5.92 Å². The van der Waals surface area contributed by atoms with Crippen LogP contribution in [0, 0.1) is 5.92 Å². The van der Waals surface area contributed by atoms with Crippen molar-refractivity contribution >= 4 is 0 Å². The second kappa shape index (κ2) is 8.46. The molecule has 0 spiro atoms. The van der Waals surface area contributed by atoms with Crippen LogP contribution in [-0.4, -0.2) is 6.61 Å². The summed E-state index contributed by atoms with van der Waals surface area (Å²) in [4.78, 5) is 0. The Balaban J connectivity index is 1.49. The van der Waals surface area contributed by atoms with Crippen molar-refractivity contribution in [2.45, 2.75) is 64.4 Å². The van der Waals surface area contributed by atoms with Crippen molar-refractivity contribution in [1.29, 1.82) is 0 Å². The highest BCUT2D eigenvalue weighted by atomic mass is 19.3. The molecule has 0 radical (unpaired) electrons. The lowest BCUT2D eigenvalue weighted by Gasteiger charge is -2.31. The molecule has 0 unspecified atom stereocenters. The Morgan fingerprint density at radius 3 is 2.32 bits per heavy atom. The molecule has 0 aromatic heterocycles. The maximum atomic E-state index is 12.3. The van der Waals surface area contributed by atoms with E-state index in [-0.39, 0.29) is 5.75 Å². The van der Waals surface area contributed by atoms with Gasteiger partial charge in [0.05, 0.1) is 0 Å². The van der Waals surface area contributed by atoms with Gasteiger partial charge in [-0.15, -0.1) is 0 Å². The van der Waals surface area contributed by atoms with Crippen molar-refractivity contribution in [2.75, 3.05) is 0 Å². The number of benzene rings is 2. The molecule has 1 nitrogen and oxygen atoms in total. The molecule has 0 saturated heterocycles. The van der Waals surface area contributed by atoms with E-state index in [4.69, 9.17) is 0 Å². The van der Waals surface area contributed by atoms with Crippen LogP contribution in [0.4, 0.5) is 8.78 Å². The van der Waals surface area contributed by atoms with E-state index in [9.17, 15) is 8.78 Å². The molecule has 4 rings (SSSR count). The third kappa shape index (κ3) is 4.14. The maximum Gasteiger partial charge on any atom is 0.387 e. The van der Waals surface area contributed by atoms with Crippen molar-refractivity contribution in [1.82, 2.24) is 0 Å². The fourth-order valence-corrected chi connectivity index (χ4v) is 4.89. The average Bonchev–Trinajstić information content (AvgIpc) is 2.71. The quantitative estimate of drug-likeness (QED) is 0.527. The predicted octanol–water partition coefficient (Wildman–Crippen LogP) is 6.63. The summed E-state index contributed by atoms with van der Waals surface area (Å²) in [6.07, 6.45) is 12.7. The first-order valence-electron chi connectivity index (χ1n) is 10.5. The standard InChI is InChI=1S/C25H28F2O/c1-2-3-4-17-5-13-23-20(15-17)6-7-21-16-19(10-14-24(21)23)18-8-11-22(12-9-18)28-25(26)27/h3-4,6-9,11-12,17,19,25H,2,5,10,13-16H2,1H3/b4-3+/t17-,19-/m0/s1. The van der Waals surface area contributed by atoms with E-state index in [1.807, 2.05) is 12.1 Å². The largest absolute Gasteiger partial charge is 0.435 e. The first kappa shape index (κ1) is 19.2. The minimum Gasteiger partial charge on any atom is -0.435 e. The highest BCUT2D eigenvalue weighted by molar-refractivity contribution is 5.46. The van der Waals surface area contributed by atoms with Gasteiger partial charge < -0.3 is 4.74 Å². The van der Waals surface area contributed by atoms with Gasteiger partial charge in [-0.05, 0) is 96.7 Å². The summed E-state index contributed by atoms with van der Waals surface area (Å²) in [5.74, 6) is 1.38. The first-order chi connectivity index (χ1) is 13.6. The summed E-state index contributed by atoms with van der Waals surface area (Å²) in [6.45, 7) is -0.574. The van der Waals surface area contributed by atoms with Crippen molar-refractivity contribution in [3.8, 4) is 5.75 Å². The van der Waals surface area contributed by atoms with E-state index < -0.39 is 6.61 Å². The lowest BCUT2D eigenvalue weighted by molar-refractivity contribution is -0.0498. The Labute approximate surface area is 166 Å². The average molecular weight is 382 g/mol. The summed E-state index contributed by atoms with van der Waals surface area (Å²) in [5.41, 5.74) is 7.44. The summed E-state index contributed by atoms with van der Waals surface area (Å²) in [6, 6.07) is 11.9. The van der Waals surface area contributed by atoms with E-state index in [2.05, 4.69) is 35.9 Å². The number of rotatable bonds is 5. The SMILES string of the molecule is CC/C=C/[C@H]1CCc2c(ccc3c2CC[C@H](c2ccc(OC(F)F)cc2)C3)C1. The zero-order valence-electron chi connectivity index (χ0n) is 16.5. The van der Waals surface area contributed by atoms with Crippen LogP contribution >= 0.6 is 0 Å². The van der Waals surface area contributed by atoms with Crippen LogP contribution in [0.5, 0.6) is 5.75 Å². The number of ether oxygens (including phenoxy) is 1. The van der Waals surface area contributed by atoms with E-state index in [1.165, 1.54) is 30.4 Å². The third-order valence-electron chi connectivity index (χ3n) is 6.30. The van der Waals surface area contributed by atoms with Crippen LogP contribution in [0.3, 0.4) is 0 Å². The molecule has 0 N–H and O–H groups in total. The molecular weight excluding hydrogens is 354 g/mol. The van der Waals surface area contributed by atoms with Gasteiger partial charge in [-0.1, -0.05) is 43.3 Å². The van der Waals surface area contributed by atoms with E-state index in [1.54, 1.807) is 28.8 Å². The molecule has 0 saturated carbocycles. The molecule has 0 heterocycles. The fraction of sp³-hybridized carbons (Fsp3) is 0.440. The molecule has 2 atom stereocenters. The molecule has 3 heteroatoms. The molecule has 2 aromatic carbocycles. The van der Waals surface area contributed by atoms with Crippen LogP contribution in [0.1, 0.15) is 59.9 Å². The summed E-state index contributed by atoms with van der Waals surface area (Å²) < 4.78 is 29.1. The van der Waals surface area contributed by atoms with Crippen LogP contribution in [0.2, 0.25) is 0 Å². The monoisotopic (exact) mass is 382 g/mol. The normalized spacial score (nSPS) is 21.6. The summed E-state index contributed by atoms with van der Waals surface area (Å²) in [5, 5.41) is 0. The second-order valence-electron chi connectivity index (χ2n) is 8.07. The number of hydrogen-bond acceptors (Lipinski definition) is 1. The van der Waals surface area contributed by atoms with Gasteiger partial charge in [0.1, 0.15) is 5.75 Å². The van der Waals surface area contributed by atoms with E-state index in [0.717, 1.165) is 25.7 Å². The number of alkyl halides is 2. The topological polar surface area (TPSA) is 9.23 Å². The molecular formula is C25H28F2O. The Morgan fingerprint density at radius 2 is 1.64 bits per heavy atom. The number of hydrogen-bond donors (Lipinski definition) is 0. The van der Waals surface area contributed by atoms with Crippen molar-refractivity contribution in [3.63, 3.8) is 0 Å². The van der Waals surface area contributed by atoms with Gasteiger partial charge in [0.15, 0.2) is 0 Å². The van der Waals surface area contributed by atoms with Gasteiger partial charge in [0.2, 0.25) is 0 Å². The molecule has 0 bridgehead atoms. The summed E-state index contributed by atoms with van der Waals surface area (Å²) in [7, 11) is 0. The lowest BCUT2D eigenvalue weighted by atomic mass is 9.74. The zero-order chi connectivity index (χ0) is 19.5. The lowest BCUT2D eigenvalue weighted by Crippen LogP contribution is -2.20. The van der Waals surface area contributed by atoms with E-state index >= 15 is 0 Å². The number of allylic oxidation sites excluding steroid dienone is 2. The van der Waals surface area contributed by atoms with Gasteiger partial charge in [0.25, 0.3) is 0 Å². The van der Waals surface area contributed by atoms with E-state index in [0.29, 0.717) is 11.8 Å². The first-order valence-corrected chi connectivity index (χ1v) is 10.5. The van der Waals surface area contributed by atoms with Gasteiger partial charge >= 0.3 is 6.61 Å². The van der Waals surface area contributed by atoms with Gasteiger partial charge in [-0.2, -0.15) is 8.78 Å². The van der Waals surface area contributed by atoms with Crippen LogP contribution in [-0.2, 0) is 25.7 Å². The molecule has 28 heavy (non-hydrogen) atoms. The molecule has 2 aliphatic carbocycles.